The van der Waals surface area contributed by atoms with Gasteiger partial charge in [-0.25, -0.2) is 0 Å². The highest BCUT2D eigenvalue weighted by atomic mass is 16.7. The van der Waals surface area contributed by atoms with Gasteiger partial charge in [0.15, 0.2) is 11.5 Å². The molecule has 4 nitrogen and oxygen atoms in total. The number of hydrogen-bond donors (Lipinski definition) is 2. The molecule has 1 unspecified atom stereocenters. The standard InChI is InChI=1S/C12H15NO3/c1-8-4-10-11(16-7-15-10)5-9(8)12(14)2-3-13-6-12/h4-5,13-14H,2-3,6-7H2,1H3. The molecule has 0 aliphatic carbocycles. The minimum absolute atomic E-state index is 0.273. The summed E-state index contributed by atoms with van der Waals surface area (Å²) in [6.45, 7) is 3.72. The van der Waals surface area contributed by atoms with E-state index >= 15 is 0 Å². The molecule has 1 aromatic carbocycles. The van der Waals surface area contributed by atoms with Gasteiger partial charge in [-0.05, 0) is 43.1 Å². The molecule has 0 spiro atoms. The summed E-state index contributed by atoms with van der Waals surface area (Å²) in [7, 11) is 0. The highest BCUT2D eigenvalue weighted by molar-refractivity contribution is 5.50. The molecule has 0 aromatic heterocycles. The van der Waals surface area contributed by atoms with Gasteiger partial charge in [-0.15, -0.1) is 0 Å². The fourth-order valence-corrected chi connectivity index (χ4v) is 2.45. The van der Waals surface area contributed by atoms with E-state index in [2.05, 4.69) is 5.32 Å². The minimum atomic E-state index is -0.759. The number of benzene rings is 1. The Bertz CT molecular complexity index is 425. The van der Waals surface area contributed by atoms with Crippen LogP contribution in [0.5, 0.6) is 11.5 Å². The third-order valence-corrected chi connectivity index (χ3v) is 3.35. The highest BCUT2D eigenvalue weighted by Crippen LogP contribution is 2.39. The molecule has 2 aliphatic heterocycles. The summed E-state index contributed by atoms with van der Waals surface area (Å²) in [5.74, 6) is 1.51. The molecule has 1 aromatic rings. The number of β-amino-alcohol motifs (C(OH)–C–C–N with tert-alkyl or cyclic N) is 1. The zero-order valence-corrected chi connectivity index (χ0v) is 9.25. The van der Waals surface area contributed by atoms with Crippen LogP contribution in [0.25, 0.3) is 0 Å². The van der Waals surface area contributed by atoms with E-state index in [0.29, 0.717) is 6.54 Å². The molecule has 0 bridgehead atoms. The van der Waals surface area contributed by atoms with Crippen LogP contribution < -0.4 is 14.8 Å². The van der Waals surface area contributed by atoms with Crippen LogP contribution in [0.15, 0.2) is 12.1 Å². The number of rotatable bonds is 1. The first-order chi connectivity index (χ1) is 7.69. The normalized spacial score (nSPS) is 27.4. The quantitative estimate of drug-likeness (QED) is 0.740. The molecule has 1 fully saturated rings. The van der Waals surface area contributed by atoms with Crippen LogP contribution in [0.2, 0.25) is 0 Å². The lowest BCUT2D eigenvalue weighted by molar-refractivity contribution is 0.0579. The second kappa shape index (κ2) is 3.37. The van der Waals surface area contributed by atoms with Crippen LogP contribution in [0.3, 0.4) is 0 Å². The monoisotopic (exact) mass is 221 g/mol. The zero-order valence-electron chi connectivity index (χ0n) is 9.25. The van der Waals surface area contributed by atoms with Gasteiger partial charge in [-0.3, -0.25) is 0 Å². The molecule has 3 rings (SSSR count). The van der Waals surface area contributed by atoms with Crippen molar-refractivity contribution in [3.63, 3.8) is 0 Å². The maximum absolute atomic E-state index is 10.5. The summed E-state index contributed by atoms with van der Waals surface area (Å²) >= 11 is 0. The fraction of sp³-hybridized carbons (Fsp3) is 0.500. The Kier molecular flexibility index (Phi) is 2.09. The molecule has 0 radical (unpaired) electrons. The largest absolute Gasteiger partial charge is 0.454 e. The van der Waals surface area contributed by atoms with Gasteiger partial charge < -0.3 is 19.9 Å². The summed E-state index contributed by atoms with van der Waals surface area (Å²) in [6.07, 6.45) is 0.744. The van der Waals surface area contributed by atoms with Gasteiger partial charge >= 0.3 is 0 Å². The predicted octanol–water partition coefficient (Wildman–Crippen LogP) is 0.905. The van der Waals surface area contributed by atoms with E-state index < -0.39 is 5.60 Å². The van der Waals surface area contributed by atoms with Crippen molar-refractivity contribution >= 4 is 0 Å². The summed E-state index contributed by atoms with van der Waals surface area (Å²) < 4.78 is 10.7. The second-order valence-corrected chi connectivity index (χ2v) is 4.48. The SMILES string of the molecule is Cc1cc2c(cc1C1(O)CCNC1)OCO2. The molecule has 2 heterocycles. The second-order valence-electron chi connectivity index (χ2n) is 4.48. The lowest BCUT2D eigenvalue weighted by Crippen LogP contribution is -2.29. The Morgan fingerprint density at radius 3 is 2.75 bits per heavy atom. The van der Waals surface area contributed by atoms with E-state index in [-0.39, 0.29) is 6.79 Å². The molecular formula is C12H15NO3. The smallest absolute Gasteiger partial charge is 0.231 e. The Morgan fingerprint density at radius 1 is 1.31 bits per heavy atom. The Labute approximate surface area is 94.2 Å². The van der Waals surface area contributed by atoms with E-state index in [4.69, 9.17) is 9.47 Å². The Hall–Kier alpha value is -1.26. The van der Waals surface area contributed by atoms with Crippen molar-refractivity contribution < 1.29 is 14.6 Å². The lowest BCUT2D eigenvalue weighted by atomic mass is 9.89. The van der Waals surface area contributed by atoms with Crippen LogP contribution in [0, 0.1) is 6.92 Å². The molecule has 4 heteroatoms. The zero-order chi connectivity index (χ0) is 11.2. The fourth-order valence-electron chi connectivity index (χ4n) is 2.45. The Balaban J connectivity index is 2.07. The summed E-state index contributed by atoms with van der Waals surface area (Å²) in [5.41, 5.74) is 1.24. The van der Waals surface area contributed by atoms with Gasteiger partial charge in [0.2, 0.25) is 6.79 Å². The molecule has 0 saturated carbocycles. The van der Waals surface area contributed by atoms with Crippen LogP contribution in [0.4, 0.5) is 0 Å². The summed E-state index contributed by atoms with van der Waals surface area (Å²) in [5, 5.41) is 13.7. The average molecular weight is 221 g/mol. The number of hydrogen-bond acceptors (Lipinski definition) is 4. The molecule has 1 saturated heterocycles. The minimum Gasteiger partial charge on any atom is -0.454 e. The van der Waals surface area contributed by atoms with Crippen molar-refractivity contribution in [3.05, 3.63) is 23.3 Å². The molecular weight excluding hydrogens is 206 g/mol. The van der Waals surface area contributed by atoms with E-state index in [1.807, 2.05) is 19.1 Å². The molecule has 2 N–H and O–H groups in total. The van der Waals surface area contributed by atoms with Crippen LogP contribution in [-0.4, -0.2) is 25.0 Å². The summed E-state index contributed by atoms with van der Waals surface area (Å²) in [4.78, 5) is 0. The number of ether oxygens (including phenoxy) is 2. The predicted molar refractivity (Wildman–Crippen MR) is 58.7 cm³/mol. The van der Waals surface area contributed by atoms with Gasteiger partial charge in [0.25, 0.3) is 0 Å². The van der Waals surface area contributed by atoms with Gasteiger partial charge in [0, 0.05) is 6.54 Å². The first-order valence-corrected chi connectivity index (χ1v) is 5.53. The molecule has 2 aliphatic rings. The van der Waals surface area contributed by atoms with Crippen molar-refractivity contribution in [3.8, 4) is 11.5 Å². The maximum Gasteiger partial charge on any atom is 0.231 e. The number of fused-ring (bicyclic) bond motifs is 1. The maximum atomic E-state index is 10.5. The summed E-state index contributed by atoms with van der Waals surface area (Å²) in [6, 6.07) is 3.85. The number of aryl methyl sites for hydroxylation is 1. The third kappa shape index (κ3) is 1.37. The average Bonchev–Trinajstić information content (AvgIpc) is 2.85. The first kappa shape index (κ1) is 9.93. The van der Waals surface area contributed by atoms with Crippen molar-refractivity contribution in [2.24, 2.45) is 0 Å². The van der Waals surface area contributed by atoms with Crippen LogP contribution >= 0.6 is 0 Å². The topological polar surface area (TPSA) is 50.7 Å². The van der Waals surface area contributed by atoms with Gasteiger partial charge in [0.05, 0.1) is 0 Å². The lowest BCUT2D eigenvalue weighted by Gasteiger charge is -2.24. The molecule has 86 valence electrons. The Morgan fingerprint density at radius 2 is 2.06 bits per heavy atom. The van der Waals surface area contributed by atoms with Crippen molar-refractivity contribution in [2.45, 2.75) is 18.9 Å². The van der Waals surface area contributed by atoms with E-state index in [1.165, 1.54) is 0 Å². The molecule has 1 atom stereocenters. The number of nitrogens with one attached hydrogen (secondary N) is 1. The van der Waals surface area contributed by atoms with Gasteiger partial charge in [-0.1, -0.05) is 0 Å². The van der Waals surface area contributed by atoms with Gasteiger partial charge in [0.1, 0.15) is 5.60 Å². The highest BCUT2D eigenvalue weighted by Gasteiger charge is 2.35. The van der Waals surface area contributed by atoms with Gasteiger partial charge in [-0.2, -0.15) is 0 Å². The molecule has 0 amide bonds. The van der Waals surface area contributed by atoms with Crippen molar-refractivity contribution in [1.82, 2.24) is 5.32 Å². The molecule has 16 heavy (non-hydrogen) atoms. The van der Waals surface area contributed by atoms with Crippen molar-refractivity contribution in [2.75, 3.05) is 19.9 Å². The van der Waals surface area contributed by atoms with E-state index in [0.717, 1.165) is 35.6 Å². The van der Waals surface area contributed by atoms with E-state index in [1.54, 1.807) is 0 Å². The van der Waals surface area contributed by atoms with Crippen molar-refractivity contribution in [1.29, 1.82) is 0 Å². The first-order valence-electron chi connectivity index (χ1n) is 5.53. The number of aliphatic hydroxyl groups is 1. The van der Waals surface area contributed by atoms with E-state index in [9.17, 15) is 5.11 Å². The van der Waals surface area contributed by atoms with Crippen LogP contribution in [-0.2, 0) is 5.60 Å². The third-order valence-electron chi connectivity index (χ3n) is 3.35. The van der Waals surface area contributed by atoms with Crippen LogP contribution in [0.1, 0.15) is 17.5 Å².